The number of hydrogen-bond donors (Lipinski definition) is 7. The first kappa shape index (κ1) is 65.4. The van der Waals surface area contributed by atoms with E-state index < -0.39 is 36.0 Å². The van der Waals surface area contributed by atoms with Crippen LogP contribution in [0.3, 0.4) is 0 Å². The summed E-state index contributed by atoms with van der Waals surface area (Å²) in [7, 11) is 0. The Bertz CT molecular complexity index is 1770. The fourth-order valence-electron chi connectivity index (χ4n) is 4.84. The highest BCUT2D eigenvalue weighted by atomic mass is 16.6. The van der Waals surface area contributed by atoms with Crippen LogP contribution in [-0.2, 0) is 54.6 Å². The van der Waals surface area contributed by atoms with Gasteiger partial charge in [0.15, 0.2) is 5.78 Å². The molecule has 0 aliphatic carbocycles. The van der Waals surface area contributed by atoms with E-state index in [0.29, 0.717) is 38.2 Å². The van der Waals surface area contributed by atoms with Gasteiger partial charge in [0, 0.05) is 17.7 Å². The monoisotopic (exact) mass is 914 g/mol. The number of anilines is 1. The molecule has 10 N–H and O–H groups in total. The van der Waals surface area contributed by atoms with E-state index in [9.17, 15) is 19.2 Å². The van der Waals surface area contributed by atoms with Crippen LogP contribution in [0.4, 0.5) is 5.69 Å². The van der Waals surface area contributed by atoms with E-state index in [1.165, 1.54) is 5.56 Å². The zero-order valence-electron chi connectivity index (χ0n) is 36.0. The van der Waals surface area contributed by atoms with E-state index in [2.05, 4.69) is 20.8 Å². The molecule has 17 heteroatoms. The zero-order valence-corrected chi connectivity index (χ0v) is 36.0. The summed E-state index contributed by atoms with van der Waals surface area (Å²) in [6.45, 7) is 13.1. The molecule has 3 aromatic rings. The van der Waals surface area contributed by atoms with Gasteiger partial charge < -0.3 is 52.4 Å². The smallest absolute Gasteiger partial charge is 0.320 e. The Morgan fingerprint density at radius 1 is 0.523 bits per heavy atom. The first-order chi connectivity index (χ1) is 28.9. The van der Waals surface area contributed by atoms with Gasteiger partial charge in [-0.3, -0.25) is 19.2 Å². The van der Waals surface area contributed by atoms with Crippen molar-refractivity contribution >= 4 is 46.5 Å². The molecule has 0 aromatic heterocycles. The molecule has 0 heterocycles. The first-order valence-electron chi connectivity index (χ1n) is 19.7. The van der Waals surface area contributed by atoms with Crippen molar-refractivity contribution in [1.29, 1.82) is 0 Å². The third kappa shape index (κ3) is 32.2. The number of rotatable bonds is 24. The minimum Gasteiger partial charge on any atom is -0.480 e. The van der Waals surface area contributed by atoms with Crippen molar-refractivity contribution in [1.82, 2.24) is 0 Å². The van der Waals surface area contributed by atoms with Crippen LogP contribution in [0.5, 0.6) is 0 Å². The van der Waals surface area contributed by atoms with Gasteiger partial charge in [0.25, 0.3) is 0 Å². The second-order valence-corrected chi connectivity index (χ2v) is 14.5. The lowest BCUT2D eigenvalue weighted by atomic mass is 10.0. The van der Waals surface area contributed by atoms with Crippen LogP contribution >= 0.6 is 0 Å². The molecule has 0 radical (unpaired) electrons. The Morgan fingerprint density at radius 2 is 0.862 bits per heavy atom. The molecule has 3 rings (SSSR count). The van der Waals surface area contributed by atoms with Gasteiger partial charge in [0.1, 0.15) is 37.9 Å². The molecule has 0 aliphatic rings. The lowest BCUT2D eigenvalue weighted by Crippen LogP contribution is -2.32. The summed E-state index contributed by atoms with van der Waals surface area (Å²) < 4.78 is 0. The number of oxime groups is 3. The third-order valence-electron chi connectivity index (χ3n) is 7.96. The number of carbonyl (C=O) groups excluding carboxylic acids is 1. The molecule has 366 valence electrons. The number of hydrogen-bond acceptors (Lipinski definition) is 14. The third-order valence-corrected chi connectivity index (χ3v) is 7.96. The SMILES string of the molecule is C.C.C.C.CC(C)=NOCCC(=O)c1ccc(CC(N)C(=O)O)cc1.CC(C)=NOCCCc1ccc(CC(N)C(=O)O)cc1.CC(C)=NOCCNc1ccc(CC(N)C(=O)O)cc1. The first-order valence-corrected chi connectivity index (χ1v) is 19.7. The number of aryl methyl sites for hydroxylation is 1. The van der Waals surface area contributed by atoms with Crippen molar-refractivity contribution in [2.75, 3.05) is 31.7 Å². The molecule has 3 unspecified atom stereocenters. The summed E-state index contributed by atoms with van der Waals surface area (Å²) in [5, 5.41) is 40.9. The van der Waals surface area contributed by atoms with Crippen LogP contribution < -0.4 is 22.5 Å². The van der Waals surface area contributed by atoms with E-state index in [1.807, 2.05) is 90.1 Å². The van der Waals surface area contributed by atoms with Gasteiger partial charge in [0.2, 0.25) is 0 Å². The van der Waals surface area contributed by atoms with Crippen LogP contribution in [0.15, 0.2) is 88.3 Å². The molecule has 0 saturated heterocycles. The molecule has 0 aliphatic heterocycles. The summed E-state index contributed by atoms with van der Waals surface area (Å²) >= 11 is 0. The minimum absolute atomic E-state index is 0. The Kier molecular flexibility index (Phi) is 37.5. The zero-order chi connectivity index (χ0) is 45.7. The number of nitrogens with one attached hydrogen (secondary N) is 1. The molecule has 0 bridgehead atoms. The number of aliphatic carboxylic acids is 3. The number of carbonyl (C=O) groups is 4. The van der Waals surface area contributed by atoms with Crippen LogP contribution in [0.1, 0.15) is 117 Å². The predicted molar refractivity (Wildman–Crippen MR) is 264 cm³/mol. The molecule has 0 fully saturated rings. The maximum absolute atomic E-state index is 11.9. The Balaban J connectivity index is -0.000000417. The van der Waals surface area contributed by atoms with Crippen molar-refractivity contribution < 1.29 is 49.0 Å². The fraction of sp³-hybridized carbons (Fsp3) is 0.479. The van der Waals surface area contributed by atoms with Gasteiger partial charge in [-0.25, -0.2) is 0 Å². The van der Waals surface area contributed by atoms with Crippen molar-refractivity contribution in [3.8, 4) is 0 Å². The normalized spacial score (nSPS) is 10.9. The largest absolute Gasteiger partial charge is 0.480 e. The van der Waals surface area contributed by atoms with Crippen LogP contribution in [0, 0.1) is 0 Å². The van der Waals surface area contributed by atoms with Crippen molar-refractivity contribution in [2.45, 2.75) is 128 Å². The summed E-state index contributed by atoms with van der Waals surface area (Å²) in [4.78, 5) is 59.0. The highest BCUT2D eigenvalue weighted by Gasteiger charge is 2.14. The van der Waals surface area contributed by atoms with E-state index in [0.717, 1.165) is 52.4 Å². The molecular weight excluding hydrogens is 835 g/mol. The van der Waals surface area contributed by atoms with Gasteiger partial charge in [-0.05, 0) is 108 Å². The average molecular weight is 914 g/mol. The van der Waals surface area contributed by atoms with Crippen LogP contribution in [0.2, 0.25) is 0 Å². The summed E-state index contributed by atoms with van der Waals surface area (Å²) in [6.07, 6.45) is 2.95. The molecule has 17 nitrogen and oxygen atoms in total. The van der Waals surface area contributed by atoms with Gasteiger partial charge in [0.05, 0.1) is 23.7 Å². The molecule has 0 spiro atoms. The van der Waals surface area contributed by atoms with Gasteiger partial charge in [-0.1, -0.05) is 106 Å². The van der Waals surface area contributed by atoms with Gasteiger partial charge >= 0.3 is 17.9 Å². The second kappa shape index (κ2) is 37.2. The topological polar surface area (TPSA) is 284 Å². The lowest BCUT2D eigenvalue weighted by Gasteiger charge is -2.09. The van der Waals surface area contributed by atoms with E-state index in [-0.39, 0.29) is 54.9 Å². The van der Waals surface area contributed by atoms with E-state index in [4.69, 9.17) is 47.0 Å². The number of nitrogens with two attached hydrogens (primary N) is 3. The Labute approximate surface area is 387 Å². The number of Topliss-reactive ketones (excluding diaryl/α,β-unsaturated/α-hetero) is 1. The number of ketones is 1. The highest BCUT2D eigenvalue weighted by Crippen LogP contribution is 2.12. The van der Waals surface area contributed by atoms with E-state index in [1.54, 1.807) is 24.3 Å². The van der Waals surface area contributed by atoms with Crippen LogP contribution in [0.25, 0.3) is 0 Å². The summed E-state index contributed by atoms with van der Waals surface area (Å²) in [5.74, 6) is -3.05. The molecule has 0 saturated carbocycles. The average Bonchev–Trinajstić information content (AvgIpc) is 3.20. The van der Waals surface area contributed by atoms with Gasteiger partial charge in [-0.15, -0.1) is 0 Å². The molecule has 3 atom stereocenters. The second-order valence-electron chi connectivity index (χ2n) is 14.5. The maximum atomic E-state index is 11.9. The number of benzene rings is 3. The quantitative estimate of drug-likeness (QED) is 0.0197. The van der Waals surface area contributed by atoms with Gasteiger partial charge in [-0.2, -0.15) is 0 Å². The van der Waals surface area contributed by atoms with E-state index >= 15 is 0 Å². The van der Waals surface area contributed by atoms with Crippen molar-refractivity contribution in [2.24, 2.45) is 32.7 Å². The minimum atomic E-state index is -1.04. The Hall–Kier alpha value is -6.17. The summed E-state index contributed by atoms with van der Waals surface area (Å²) in [6, 6.07) is 19.5. The maximum Gasteiger partial charge on any atom is 0.320 e. The van der Waals surface area contributed by atoms with Crippen molar-refractivity contribution in [3.63, 3.8) is 0 Å². The number of nitrogens with zero attached hydrogens (tertiary/aromatic N) is 3. The lowest BCUT2D eigenvalue weighted by molar-refractivity contribution is -0.139. The summed E-state index contributed by atoms with van der Waals surface area (Å²) in [5.41, 5.74) is 24.3. The molecule has 3 aromatic carbocycles. The van der Waals surface area contributed by atoms with Crippen molar-refractivity contribution in [3.05, 3.63) is 101 Å². The molecule has 0 amide bonds. The molecule has 65 heavy (non-hydrogen) atoms. The highest BCUT2D eigenvalue weighted by molar-refractivity contribution is 5.96. The molecular formula is C48H79N7O10. The predicted octanol–water partition coefficient (Wildman–Crippen LogP) is 7.62. The fourth-order valence-corrected chi connectivity index (χ4v) is 4.84. The standard InChI is InChI=1S/C15H20N2O4.C15H22N2O3.C14H21N3O3.4CH4/c1-10(2)17-21-8-7-14(18)12-5-3-11(4-6-12)9-13(16)15(19)20;1-11(2)17-20-9-3-4-12-5-7-13(8-6-12)10-14(16)15(18)19;1-10(2)17-20-8-7-16-12-5-3-11(4-6-12)9-13(15)14(18)19;;;;/h3-6,13H,7-9,16H2,1-2H3,(H,19,20);5-8,14H,3-4,9-10,16H2,1-2H3,(H,18,19);3-6,13,16H,7-9,15H2,1-2H3,(H,18,19);4*1H4. The van der Waals surface area contributed by atoms with Crippen LogP contribution in [-0.4, -0.2) is 101 Å². The number of carboxylic acids is 3. The number of carboxylic acid groups (broad SMARTS) is 3. The Morgan fingerprint density at radius 3 is 1.25 bits per heavy atom.